The molecule has 1 aromatic carbocycles. The second-order valence-corrected chi connectivity index (χ2v) is 6.29. The van der Waals surface area contributed by atoms with Gasteiger partial charge in [-0.3, -0.25) is 0 Å². The van der Waals surface area contributed by atoms with Crippen LogP contribution in [0.5, 0.6) is 0 Å². The third-order valence-corrected chi connectivity index (χ3v) is 4.58. The van der Waals surface area contributed by atoms with Crippen molar-refractivity contribution in [1.82, 2.24) is 4.90 Å². The maximum Gasteiger partial charge on any atom is 0.410 e. The molecule has 0 aliphatic carbocycles. The average molecular weight is 289 g/mol. The number of carbonyl (C=O) groups excluding carboxylic acids is 1. The summed E-state index contributed by atoms with van der Waals surface area (Å²) in [7, 11) is 0. The summed E-state index contributed by atoms with van der Waals surface area (Å²) in [4.78, 5) is 14.3. The number of amides is 1. The van der Waals surface area contributed by atoms with E-state index in [2.05, 4.69) is 6.92 Å². The molecule has 4 heteroatoms. The summed E-state index contributed by atoms with van der Waals surface area (Å²) in [6.45, 7) is 4.20. The van der Waals surface area contributed by atoms with Gasteiger partial charge >= 0.3 is 6.09 Å². The number of epoxide rings is 1. The van der Waals surface area contributed by atoms with E-state index >= 15 is 0 Å². The van der Waals surface area contributed by atoms with Crippen LogP contribution in [0.25, 0.3) is 0 Å². The average Bonchev–Trinajstić information content (AvgIpc) is 3.26. The lowest BCUT2D eigenvalue weighted by Gasteiger charge is -2.34. The SMILES string of the molecule is CC1(CCC2CO2)CCCN1C(=O)OCc1ccccc1. The Bertz CT molecular complexity index is 486. The summed E-state index contributed by atoms with van der Waals surface area (Å²) >= 11 is 0. The van der Waals surface area contributed by atoms with Crippen molar-refractivity contribution in [3.8, 4) is 0 Å². The third-order valence-electron chi connectivity index (χ3n) is 4.58. The van der Waals surface area contributed by atoms with Crippen molar-refractivity contribution in [1.29, 1.82) is 0 Å². The van der Waals surface area contributed by atoms with E-state index in [1.54, 1.807) is 0 Å². The molecular weight excluding hydrogens is 266 g/mol. The van der Waals surface area contributed by atoms with Crippen LogP contribution >= 0.6 is 0 Å². The summed E-state index contributed by atoms with van der Waals surface area (Å²) < 4.78 is 10.8. The van der Waals surface area contributed by atoms with Crippen LogP contribution in [0.3, 0.4) is 0 Å². The van der Waals surface area contributed by atoms with Gasteiger partial charge in [0.05, 0.1) is 12.7 Å². The summed E-state index contributed by atoms with van der Waals surface area (Å²) in [5.74, 6) is 0. The number of ether oxygens (including phenoxy) is 2. The lowest BCUT2D eigenvalue weighted by Crippen LogP contribution is -2.45. The number of benzene rings is 1. The zero-order chi connectivity index (χ0) is 14.7. The minimum absolute atomic E-state index is 0.0697. The van der Waals surface area contributed by atoms with Crippen LogP contribution in [0.15, 0.2) is 30.3 Å². The van der Waals surface area contributed by atoms with Gasteiger partial charge in [0.1, 0.15) is 6.61 Å². The Labute approximate surface area is 126 Å². The van der Waals surface area contributed by atoms with Gasteiger partial charge in [-0.1, -0.05) is 30.3 Å². The first-order chi connectivity index (χ1) is 10.2. The molecule has 0 spiro atoms. The molecule has 114 valence electrons. The Morgan fingerprint density at radius 2 is 2.19 bits per heavy atom. The van der Waals surface area contributed by atoms with Crippen molar-refractivity contribution in [2.24, 2.45) is 0 Å². The first-order valence-corrected chi connectivity index (χ1v) is 7.77. The van der Waals surface area contributed by atoms with Crippen LogP contribution in [0, 0.1) is 0 Å². The summed E-state index contributed by atoms with van der Waals surface area (Å²) in [6.07, 6.45) is 4.39. The number of hydrogen-bond acceptors (Lipinski definition) is 3. The zero-order valence-corrected chi connectivity index (χ0v) is 12.6. The van der Waals surface area contributed by atoms with Crippen molar-refractivity contribution in [2.75, 3.05) is 13.2 Å². The summed E-state index contributed by atoms with van der Waals surface area (Å²) in [5.41, 5.74) is 0.956. The highest BCUT2D eigenvalue weighted by Gasteiger charge is 2.41. The molecule has 2 aliphatic heterocycles. The second-order valence-electron chi connectivity index (χ2n) is 6.29. The fraction of sp³-hybridized carbons (Fsp3) is 0.588. The monoisotopic (exact) mass is 289 g/mol. The highest BCUT2D eigenvalue weighted by molar-refractivity contribution is 5.69. The molecule has 0 aromatic heterocycles. The lowest BCUT2D eigenvalue weighted by atomic mass is 9.92. The molecule has 0 N–H and O–H groups in total. The number of likely N-dealkylation sites (tertiary alicyclic amines) is 1. The van der Waals surface area contributed by atoms with Crippen LogP contribution in [-0.4, -0.2) is 35.8 Å². The second kappa shape index (κ2) is 6.06. The van der Waals surface area contributed by atoms with E-state index in [0.29, 0.717) is 12.7 Å². The van der Waals surface area contributed by atoms with Gasteiger partial charge < -0.3 is 14.4 Å². The van der Waals surface area contributed by atoms with E-state index in [0.717, 1.165) is 44.4 Å². The molecule has 2 atom stereocenters. The Balaban J connectivity index is 1.54. The molecule has 2 aliphatic rings. The van der Waals surface area contributed by atoms with Crippen LogP contribution < -0.4 is 0 Å². The highest BCUT2D eigenvalue weighted by atomic mass is 16.6. The maximum atomic E-state index is 12.4. The minimum Gasteiger partial charge on any atom is -0.445 e. The molecule has 4 nitrogen and oxygen atoms in total. The van der Waals surface area contributed by atoms with Gasteiger partial charge in [-0.15, -0.1) is 0 Å². The van der Waals surface area contributed by atoms with Gasteiger partial charge in [0.25, 0.3) is 0 Å². The van der Waals surface area contributed by atoms with Crippen LogP contribution in [0.1, 0.15) is 38.2 Å². The largest absolute Gasteiger partial charge is 0.445 e. The van der Waals surface area contributed by atoms with Gasteiger partial charge in [0.2, 0.25) is 0 Å². The fourth-order valence-corrected chi connectivity index (χ4v) is 3.10. The predicted octanol–water partition coefficient (Wildman–Crippen LogP) is 3.36. The van der Waals surface area contributed by atoms with Crippen molar-refractivity contribution >= 4 is 6.09 Å². The van der Waals surface area contributed by atoms with Crippen LogP contribution in [-0.2, 0) is 16.1 Å². The van der Waals surface area contributed by atoms with E-state index in [-0.39, 0.29) is 11.6 Å². The Morgan fingerprint density at radius 3 is 2.90 bits per heavy atom. The highest BCUT2D eigenvalue weighted by Crippen LogP contribution is 2.35. The number of rotatable bonds is 5. The van der Waals surface area contributed by atoms with Crippen molar-refractivity contribution in [3.05, 3.63) is 35.9 Å². The van der Waals surface area contributed by atoms with Crippen molar-refractivity contribution < 1.29 is 14.3 Å². The maximum absolute atomic E-state index is 12.4. The molecule has 0 bridgehead atoms. The quantitative estimate of drug-likeness (QED) is 0.781. The van der Waals surface area contributed by atoms with E-state index in [1.807, 2.05) is 35.2 Å². The fourth-order valence-electron chi connectivity index (χ4n) is 3.10. The standard InChI is InChI=1S/C17H23NO3/c1-17(10-8-15-13-20-15)9-5-11-18(17)16(19)21-12-14-6-3-2-4-7-14/h2-4,6-7,15H,5,8-13H2,1H3. The van der Waals surface area contributed by atoms with Gasteiger partial charge in [-0.05, 0) is 38.2 Å². The molecule has 3 rings (SSSR count). The third kappa shape index (κ3) is 3.56. The number of hydrogen-bond donors (Lipinski definition) is 0. The lowest BCUT2D eigenvalue weighted by molar-refractivity contribution is 0.0659. The summed E-state index contributed by atoms with van der Waals surface area (Å²) in [5, 5.41) is 0. The van der Waals surface area contributed by atoms with Gasteiger partial charge in [-0.25, -0.2) is 4.79 Å². The molecule has 0 radical (unpaired) electrons. The molecule has 2 saturated heterocycles. The Kier molecular flexibility index (Phi) is 4.15. The first-order valence-electron chi connectivity index (χ1n) is 7.77. The molecule has 1 amide bonds. The van der Waals surface area contributed by atoms with Crippen molar-refractivity contribution in [3.63, 3.8) is 0 Å². The molecule has 2 unspecified atom stereocenters. The van der Waals surface area contributed by atoms with Gasteiger partial charge in [-0.2, -0.15) is 0 Å². The minimum atomic E-state index is -0.185. The van der Waals surface area contributed by atoms with Crippen LogP contribution in [0.2, 0.25) is 0 Å². The van der Waals surface area contributed by atoms with Crippen molar-refractivity contribution in [2.45, 2.75) is 50.9 Å². The smallest absolute Gasteiger partial charge is 0.410 e. The van der Waals surface area contributed by atoms with E-state index in [1.165, 1.54) is 0 Å². The molecule has 2 fully saturated rings. The van der Waals surface area contributed by atoms with E-state index in [4.69, 9.17) is 9.47 Å². The summed E-state index contributed by atoms with van der Waals surface area (Å²) in [6, 6.07) is 9.82. The molecule has 1 aromatic rings. The molecule has 21 heavy (non-hydrogen) atoms. The topological polar surface area (TPSA) is 42.1 Å². The molecule has 2 heterocycles. The Morgan fingerprint density at radius 1 is 1.43 bits per heavy atom. The predicted molar refractivity (Wildman–Crippen MR) is 79.9 cm³/mol. The molecular formula is C17H23NO3. The first kappa shape index (κ1) is 14.4. The normalized spacial score (nSPS) is 27.7. The van der Waals surface area contributed by atoms with Gasteiger partial charge in [0.15, 0.2) is 0 Å². The molecule has 0 saturated carbocycles. The van der Waals surface area contributed by atoms with E-state index < -0.39 is 0 Å². The zero-order valence-electron chi connectivity index (χ0n) is 12.6. The van der Waals surface area contributed by atoms with Crippen LogP contribution in [0.4, 0.5) is 4.79 Å². The Hall–Kier alpha value is -1.55. The van der Waals surface area contributed by atoms with Gasteiger partial charge in [0, 0.05) is 12.1 Å². The number of carbonyl (C=O) groups is 1. The number of nitrogens with zero attached hydrogens (tertiary/aromatic N) is 1. The van der Waals surface area contributed by atoms with E-state index in [9.17, 15) is 4.79 Å².